The maximum absolute atomic E-state index is 12.2. The van der Waals surface area contributed by atoms with Crippen LogP contribution in [0.3, 0.4) is 0 Å². The first kappa shape index (κ1) is 12.7. The van der Waals surface area contributed by atoms with Crippen LogP contribution in [-0.4, -0.2) is 18.9 Å². The summed E-state index contributed by atoms with van der Waals surface area (Å²) in [6, 6.07) is 8.61. The van der Waals surface area contributed by atoms with Gasteiger partial charge in [0, 0.05) is 31.1 Å². The molecular formula is C17H23NO. The molecule has 2 nitrogen and oxygen atoms in total. The predicted molar refractivity (Wildman–Crippen MR) is 78.5 cm³/mol. The zero-order valence-corrected chi connectivity index (χ0v) is 12.0. The van der Waals surface area contributed by atoms with E-state index >= 15 is 0 Å². The number of carbonyl (C=O) groups excluding carboxylic acids is 1. The minimum atomic E-state index is 0.231. The van der Waals surface area contributed by atoms with Gasteiger partial charge in [-0.25, -0.2) is 0 Å². The van der Waals surface area contributed by atoms with Crippen molar-refractivity contribution in [2.45, 2.75) is 39.5 Å². The molecule has 1 atom stereocenters. The van der Waals surface area contributed by atoms with Crippen molar-refractivity contribution in [3.05, 3.63) is 29.8 Å². The number of Topliss-reactive ketones (excluding diaryl/α,β-unsaturated/α-hetero) is 1. The molecule has 3 rings (SSSR count). The van der Waals surface area contributed by atoms with Crippen LogP contribution in [0.2, 0.25) is 0 Å². The second-order valence-corrected chi connectivity index (χ2v) is 6.86. The van der Waals surface area contributed by atoms with E-state index in [2.05, 4.69) is 43.0 Å². The Morgan fingerprint density at radius 3 is 2.89 bits per heavy atom. The van der Waals surface area contributed by atoms with E-state index < -0.39 is 0 Å². The maximum Gasteiger partial charge on any atom is 0.137 e. The Bertz CT molecular complexity index is 492. The Morgan fingerprint density at radius 2 is 2.05 bits per heavy atom. The summed E-state index contributed by atoms with van der Waals surface area (Å²) in [5.41, 5.74) is 3.11. The monoisotopic (exact) mass is 257 g/mol. The van der Waals surface area contributed by atoms with Crippen LogP contribution in [-0.2, 0) is 11.2 Å². The summed E-state index contributed by atoms with van der Waals surface area (Å²) in [4.78, 5) is 14.6. The number of fused-ring (bicyclic) bond motifs is 1. The number of anilines is 1. The molecule has 0 aromatic heterocycles. The molecule has 2 aliphatic rings. The molecule has 0 bridgehead atoms. The Hall–Kier alpha value is -1.31. The van der Waals surface area contributed by atoms with Crippen molar-refractivity contribution in [3.8, 4) is 0 Å². The molecule has 1 unspecified atom stereocenters. The number of para-hydroxylation sites is 1. The summed E-state index contributed by atoms with van der Waals surface area (Å²) in [5, 5.41) is 0. The van der Waals surface area contributed by atoms with E-state index in [-0.39, 0.29) is 5.92 Å². The van der Waals surface area contributed by atoms with E-state index in [9.17, 15) is 4.79 Å². The number of benzene rings is 1. The Morgan fingerprint density at radius 1 is 1.26 bits per heavy atom. The van der Waals surface area contributed by atoms with Gasteiger partial charge in [-0.05, 0) is 36.3 Å². The molecule has 2 heteroatoms. The molecule has 1 fully saturated rings. The van der Waals surface area contributed by atoms with Gasteiger partial charge in [0.2, 0.25) is 0 Å². The zero-order valence-electron chi connectivity index (χ0n) is 12.0. The molecule has 1 saturated carbocycles. The van der Waals surface area contributed by atoms with E-state index in [4.69, 9.17) is 0 Å². The topological polar surface area (TPSA) is 20.3 Å². The van der Waals surface area contributed by atoms with Crippen molar-refractivity contribution in [1.29, 1.82) is 0 Å². The molecule has 0 amide bonds. The van der Waals surface area contributed by atoms with Gasteiger partial charge >= 0.3 is 0 Å². The first-order valence-corrected chi connectivity index (χ1v) is 7.41. The number of rotatable bonds is 2. The largest absolute Gasteiger partial charge is 0.370 e. The fourth-order valence-electron chi connectivity index (χ4n) is 3.58. The van der Waals surface area contributed by atoms with Gasteiger partial charge in [0.05, 0.1) is 0 Å². The SMILES string of the molecule is CC1(C)CCC(=O)C(CN2CCc3ccccc32)C1. The highest BCUT2D eigenvalue weighted by atomic mass is 16.1. The molecule has 1 aromatic rings. The Balaban J connectivity index is 1.74. The fraction of sp³-hybridized carbons (Fsp3) is 0.588. The number of hydrogen-bond acceptors (Lipinski definition) is 2. The van der Waals surface area contributed by atoms with Crippen molar-refractivity contribution in [3.63, 3.8) is 0 Å². The molecule has 0 radical (unpaired) electrons. The first-order chi connectivity index (χ1) is 9.05. The molecule has 1 heterocycles. The van der Waals surface area contributed by atoms with Gasteiger partial charge in [-0.1, -0.05) is 32.0 Å². The lowest BCUT2D eigenvalue weighted by molar-refractivity contribution is -0.126. The van der Waals surface area contributed by atoms with E-state index in [0.29, 0.717) is 11.2 Å². The zero-order chi connectivity index (χ0) is 13.5. The molecule has 19 heavy (non-hydrogen) atoms. The van der Waals surface area contributed by atoms with Crippen LogP contribution >= 0.6 is 0 Å². The van der Waals surface area contributed by atoms with Crippen molar-refractivity contribution >= 4 is 11.5 Å². The van der Waals surface area contributed by atoms with Gasteiger partial charge in [0.1, 0.15) is 5.78 Å². The quantitative estimate of drug-likeness (QED) is 0.809. The van der Waals surface area contributed by atoms with E-state index in [1.54, 1.807) is 0 Å². The second-order valence-electron chi connectivity index (χ2n) is 6.86. The summed E-state index contributed by atoms with van der Waals surface area (Å²) in [6.07, 6.45) is 4.00. The highest BCUT2D eigenvalue weighted by molar-refractivity contribution is 5.82. The standard InChI is InChI=1S/C17H23NO/c1-17(2)9-7-16(19)14(11-17)12-18-10-8-13-5-3-4-6-15(13)18/h3-6,14H,7-12H2,1-2H3. The fourth-order valence-corrected chi connectivity index (χ4v) is 3.58. The third-order valence-corrected chi connectivity index (χ3v) is 4.73. The van der Waals surface area contributed by atoms with Crippen LogP contribution in [0.25, 0.3) is 0 Å². The summed E-state index contributed by atoms with van der Waals surface area (Å²) >= 11 is 0. The Labute approximate surface area is 115 Å². The molecule has 1 aliphatic heterocycles. The van der Waals surface area contributed by atoms with Gasteiger partial charge in [-0.15, -0.1) is 0 Å². The highest BCUT2D eigenvalue weighted by Gasteiger charge is 2.35. The number of nitrogens with zero attached hydrogens (tertiary/aromatic N) is 1. The second kappa shape index (κ2) is 4.66. The molecule has 1 aliphatic carbocycles. The number of carbonyl (C=O) groups is 1. The van der Waals surface area contributed by atoms with Crippen molar-refractivity contribution in [2.75, 3.05) is 18.0 Å². The van der Waals surface area contributed by atoms with E-state index in [1.165, 1.54) is 11.3 Å². The number of hydrogen-bond donors (Lipinski definition) is 0. The molecule has 102 valence electrons. The smallest absolute Gasteiger partial charge is 0.137 e. The van der Waals surface area contributed by atoms with Crippen molar-refractivity contribution in [1.82, 2.24) is 0 Å². The molecule has 0 N–H and O–H groups in total. The lowest BCUT2D eigenvalue weighted by Gasteiger charge is -2.36. The normalized spacial score (nSPS) is 25.5. The lowest BCUT2D eigenvalue weighted by atomic mass is 9.71. The van der Waals surface area contributed by atoms with Crippen LogP contribution in [0, 0.1) is 11.3 Å². The molecule has 0 spiro atoms. The molecule has 1 aromatic carbocycles. The van der Waals surface area contributed by atoms with Crippen LogP contribution < -0.4 is 4.90 Å². The first-order valence-electron chi connectivity index (χ1n) is 7.41. The van der Waals surface area contributed by atoms with Gasteiger partial charge in [-0.2, -0.15) is 0 Å². The summed E-state index contributed by atoms with van der Waals surface area (Å²) in [6.45, 7) is 6.58. The third-order valence-electron chi connectivity index (χ3n) is 4.73. The minimum absolute atomic E-state index is 0.231. The average Bonchev–Trinajstić information content (AvgIpc) is 2.77. The van der Waals surface area contributed by atoms with E-state index in [0.717, 1.165) is 38.8 Å². The number of ketones is 1. The van der Waals surface area contributed by atoms with Gasteiger partial charge in [0.25, 0.3) is 0 Å². The van der Waals surface area contributed by atoms with Crippen LogP contribution in [0.4, 0.5) is 5.69 Å². The van der Waals surface area contributed by atoms with Gasteiger partial charge in [0.15, 0.2) is 0 Å². The van der Waals surface area contributed by atoms with Gasteiger partial charge in [-0.3, -0.25) is 4.79 Å². The summed E-state index contributed by atoms with van der Waals surface area (Å²) in [7, 11) is 0. The summed E-state index contributed by atoms with van der Waals surface area (Å²) in [5.74, 6) is 0.707. The van der Waals surface area contributed by atoms with Crippen LogP contribution in [0.5, 0.6) is 0 Å². The Kier molecular flexibility index (Phi) is 3.12. The predicted octanol–water partition coefficient (Wildman–Crippen LogP) is 3.44. The van der Waals surface area contributed by atoms with Gasteiger partial charge < -0.3 is 4.90 Å². The minimum Gasteiger partial charge on any atom is -0.370 e. The van der Waals surface area contributed by atoms with Crippen molar-refractivity contribution in [2.24, 2.45) is 11.3 Å². The van der Waals surface area contributed by atoms with Crippen LogP contribution in [0.1, 0.15) is 38.7 Å². The molecule has 0 saturated heterocycles. The maximum atomic E-state index is 12.2. The van der Waals surface area contributed by atoms with Crippen LogP contribution in [0.15, 0.2) is 24.3 Å². The average molecular weight is 257 g/mol. The lowest BCUT2D eigenvalue weighted by Crippen LogP contribution is -2.38. The highest BCUT2D eigenvalue weighted by Crippen LogP contribution is 2.38. The summed E-state index contributed by atoms with van der Waals surface area (Å²) < 4.78 is 0. The third kappa shape index (κ3) is 2.54. The van der Waals surface area contributed by atoms with E-state index in [1.807, 2.05) is 0 Å². The van der Waals surface area contributed by atoms with Crippen molar-refractivity contribution < 1.29 is 4.79 Å². The molecular weight excluding hydrogens is 234 g/mol.